The largest absolute Gasteiger partial charge is 1.00 e. The smallest absolute Gasteiger partial charge is 1.00 e. The van der Waals surface area contributed by atoms with Crippen LogP contribution in [-0.4, -0.2) is 13.4 Å². The van der Waals surface area contributed by atoms with E-state index in [2.05, 4.69) is 154 Å². The maximum Gasteiger partial charge on any atom is -1.00 e. The average molecular weight is 695 g/mol. The summed E-state index contributed by atoms with van der Waals surface area (Å²) in [5, 5.41) is 0. The molecule has 0 saturated heterocycles. The maximum absolute atomic E-state index is 4.61. The number of aromatic nitrogens is 2. The van der Waals surface area contributed by atoms with E-state index in [4.69, 9.17) is 0 Å². The van der Waals surface area contributed by atoms with Crippen LogP contribution < -0.4 is 24.8 Å². The van der Waals surface area contributed by atoms with E-state index in [0.29, 0.717) is 0 Å². The summed E-state index contributed by atoms with van der Waals surface area (Å²) in [6.45, 7) is 37.2. The fraction of sp³-hybridized carbons (Fsp3) is 0.432. The van der Waals surface area contributed by atoms with Gasteiger partial charge in [0.2, 0.25) is 0 Å². The zero-order valence-electron chi connectivity index (χ0n) is 28.2. The Morgan fingerprint density at radius 3 is 1.29 bits per heavy atom. The van der Waals surface area contributed by atoms with Crippen molar-refractivity contribution in [3.63, 3.8) is 0 Å². The number of imidazole rings is 1. The first-order chi connectivity index (χ1) is 18.4. The number of hydrogen-bond acceptors (Lipinski definition) is 0. The Hall–Kier alpha value is -2.02. The predicted octanol–water partition coefficient (Wildman–Crippen LogP) is 4.27. The molecular formula is C37H50Cl2N2Ru. The molecule has 1 heterocycles. The van der Waals surface area contributed by atoms with Crippen molar-refractivity contribution in [2.24, 2.45) is 5.41 Å². The molecule has 0 fully saturated rings. The van der Waals surface area contributed by atoms with E-state index in [-0.39, 0.29) is 34.2 Å². The summed E-state index contributed by atoms with van der Waals surface area (Å²) >= 11 is -3.31. The van der Waals surface area contributed by atoms with E-state index in [9.17, 15) is 0 Å². The Balaban J connectivity index is 0.00000308. The average Bonchev–Trinajstić information content (AvgIpc) is 3.28. The molecule has 0 radical (unpaired) electrons. The molecular weight excluding hydrogens is 644 g/mol. The summed E-state index contributed by atoms with van der Waals surface area (Å²) in [7, 11) is 0. The van der Waals surface area contributed by atoms with E-state index < -0.39 is 13.9 Å². The molecule has 1 aromatic heterocycles. The van der Waals surface area contributed by atoms with Gasteiger partial charge in [-0.05, 0) is 0 Å². The van der Waals surface area contributed by atoms with Gasteiger partial charge >= 0.3 is 247 Å². The number of rotatable bonds is 3. The van der Waals surface area contributed by atoms with Crippen LogP contribution in [0.5, 0.6) is 0 Å². The van der Waals surface area contributed by atoms with Crippen molar-refractivity contribution >= 4 is 4.26 Å². The minimum Gasteiger partial charge on any atom is -1.00 e. The van der Waals surface area contributed by atoms with Crippen LogP contribution >= 0.6 is 0 Å². The number of aryl methyl sites for hydroxylation is 6. The number of nitrogens with zero attached hydrogens (tertiary/aromatic N) is 2. The monoisotopic (exact) mass is 694 g/mol. The standard InChI is InChI=1S/C21H24N2.C10H15.C4H9.C2H2.2ClH.Ru/c1-14-9-16(3)20(17(4)10-14)22-7-8-23(13-22)21-18(5)11-15(2)12-19(21)6;1-7-6-10(4,5)9(3)8(7)2;1-4(2)3;1-2;;;/h7-12H,1-6H3;1-5H3;1-3H3;1H2;2*1H;/q;;;;;;+2/p-2. The number of allylic oxidation sites excluding steroid dienone is 4. The van der Waals surface area contributed by atoms with Gasteiger partial charge in [-0.25, -0.2) is 0 Å². The van der Waals surface area contributed by atoms with Crippen molar-refractivity contribution in [1.29, 1.82) is 0 Å². The third-order valence-electron chi connectivity index (χ3n) is 8.90. The third kappa shape index (κ3) is 5.30. The van der Waals surface area contributed by atoms with Crippen molar-refractivity contribution in [1.82, 2.24) is 9.13 Å². The predicted molar refractivity (Wildman–Crippen MR) is 172 cm³/mol. The zero-order chi connectivity index (χ0) is 30.1. The fourth-order valence-corrected chi connectivity index (χ4v) is 16.5. The van der Waals surface area contributed by atoms with E-state index in [1.165, 1.54) is 65.5 Å². The SMILES string of the molecule is C=[C]=[Ru+2]([C]1=C(C)C(C)=C(C)C1(C)C)(=[c]1n(-c2c(C)cc(C)cc2C)ccn1-c1c(C)cc(C)cc1C)[C](C)(C)C.[Cl-].[Cl-]. The zero-order valence-corrected chi connectivity index (χ0v) is 31.4. The van der Waals surface area contributed by atoms with Gasteiger partial charge in [0.15, 0.2) is 0 Å². The van der Waals surface area contributed by atoms with Gasteiger partial charge in [0.05, 0.1) is 0 Å². The van der Waals surface area contributed by atoms with Crippen LogP contribution in [-0.2, 0) is 13.9 Å². The van der Waals surface area contributed by atoms with E-state index in [1.54, 1.807) is 4.17 Å². The van der Waals surface area contributed by atoms with Crippen LogP contribution in [0, 0.1) is 51.0 Å². The second-order valence-electron chi connectivity index (χ2n) is 13.3. The minimum atomic E-state index is -3.31. The summed E-state index contributed by atoms with van der Waals surface area (Å²) in [4.78, 5) is 0. The fourth-order valence-electron chi connectivity index (χ4n) is 7.01. The van der Waals surface area contributed by atoms with Crippen LogP contribution in [0.15, 0.2) is 64.1 Å². The normalized spacial score (nSPS) is 16.1. The summed E-state index contributed by atoms with van der Waals surface area (Å²) in [5.41, 5.74) is 14.6. The van der Waals surface area contributed by atoms with Gasteiger partial charge in [-0.3, -0.25) is 0 Å². The second kappa shape index (κ2) is 12.2. The molecule has 0 saturated carbocycles. The first-order valence-electron chi connectivity index (χ1n) is 14.4. The van der Waals surface area contributed by atoms with Crippen molar-refractivity contribution < 1.29 is 38.7 Å². The molecule has 42 heavy (non-hydrogen) atoms. The quantitative estimate of drug-likeness (QED) is 0.363. The van der Waals surface area contributed by atoms with Gasteiger partial charge in [-0.15, -0.1) is 0 Å². The number of halogens is 2. The molecule has 0 aliphatic heterocycles. The Morgan fingerprint density at radius 1 is 0.667 bits per heavy atom. The third-order valence-corrected chi connectivity index (χ3v) is 18.8. The van der Waals surface area contributed by atoms with Gasteiger partial charge in [0.1, 0.15) is 0 Å². The molecule has 4 rings (SSSR count). The second-order valence-corrected chi connectivity index (χ2v) is 20.8. The van der Waals surface area contributed by atoms with Gasteiger partial charge in [-0.1, -0.05) is 0 Å². The van der Waals surface area contributed by atoms with Crippen LogP contribution in [0.25, 0.3) is 11.4 Å². The molecule has 0 N–H and O–H groups in total. The summed E-state index contributed by atoms with van der Waals surface area (Å²) in [5.74, 6) is 0. The number of benzene rings is 2. The maximum atomic E-state index is 4.61. The molecule has 1 aliphatic rings. The Bertz CT molecular complexity index is 1690. The summed E-state index contributed by atoms with van der Waals surface area (Å²) in [6, 6.07) is 9.28. The molecule has 5 heteroatoms. The van der Waals surface area contributed by atoms with Gasteiger partial charge in [0.25, 0.3) is 0 Å². The van der Waals surface area contributed by atoms with Crippen LogP contribution in [0.3, 0.4) is 0 Å². The van der Waals surface area contributed by atoms with Crippen LogP contribution in [0.1, 0.15) is 88.8 Å². The van der Waals surface area contributed by atoms with Gasteiger partial charge in [0, 0.05) is 0 Å². The molecule has 0 amide bonds. The summed E-state index contributed by atoms with van der Waals surface area (Å²) < 4.78 is 11.9. The molecule has 1 atom stereocenters. The van der Waals surface area contributed by atoms with Crippen molar-refractivity contribution in [3.05, 3.63) is 102 Å². The van der Waals surface area contributed by atoms with Crippen LogP contribution in [0.4, 0.5) is 0 Å². The van der Waals surface area contributed by atoms with Crippen molar-refractivity contribution in [2.75, 3.05) is 0 Å². The molecule has 230 valence electrons. The molecule has 2 aromatic carbocycles. The van der Waals surface area contributed by atoms with Gasteiger partial charge < -0.3 is 24.8 Å². The van der Waals surface area contributed by atoms with Gasteiger partial charge in [-0.2, -0.15) is 0 Å². The van der Waals surface area contributed by atoms with E-state index in [0.717, 1.165) is 0 Å². The molecule has 1 aliphatic carbocycles. The summed E-state index contributed by atoms with van der Waals surface area (Å²) in [6.07, 6.45) is 4.62. The van der Waals surface area contributed by atoms with Crippen molar-refractivity contribution in [3.8, 4) is 11.4 Å². The Labute approximate surface area is 270 Å². The van der Waals surface area contributed by atoms with Crippen LogP contribution in [0.2, 0.25) is 4.01 Å². The Morgan fingerprint density at radius 2 is 1.02 bits per heavy atom. The molecule has 2 nitrogen and oxygen atoms in total. The number of hydrogen-bond donors (Lipinski definition) is 0. The molecule has 1 unspecified atom stereocenters. The molecule has 0 bridgehead atoms. The first-order valence-corrected chi connectivity index (χ1v) is 17.8. The molecule has 3 aromatic rings. The van der Waals surface area contributed by atoms with E-state index >= 15 is 0 Å². The Kier molecular flexibility index (Phi) is 10.5. The topological polar surface area (TPSA) is 9.86 Å². The van der Waals surface area contributed by atoms with Crippen molar-refractivity contribution in [2.45, 2.75) is 101 Å². The first kappa shape index (κ1) is 36.2. The van der Waals surface area contributed by atoms with E-state index in [1.807, 2.05) is 0 Å². The minimum absolute atomic E-state index is 0. The molecule has 0 spiro atoms.